The number of hydrogen-bond donors (Lipinski definition) is 2. The standard InChI is InChI=1S/C9H15F2N3O/c10-9(11)2-1-6-3-14(4-7(6)9)5-8(12)13-15/h6-7,15H,1-5H2,(H2,12,13)/t6-,7-/m0/s1. The maximum absolute atomic E-state index is 13.4. The number of amidine groups is 1. The van der Waals surface area contributed by atoms with E-state index in [0.29, 0.717) is 19.5 Å². The minimum atomic E-state index is -2.52. The van der Waals surface area contributed by atoms with Crippen molar-refractivity contribution in [2.75, 3.05) is 19.6 Å². The first-order chi connectivity index (χ1) is 7.03. The molecule has 0 radical (unpaired) electrons. The normalized spacial score (nSPS) is 35.7. The Morgan fingerprint density at radius 1 is 1.53 bits per heavy atom. The molecule has 6 heteroatoms. The van der Waals surface area contributed by atoms with Crippen LogP contribution < -0.4 is 5.73 Å². The summed E-state index contributed by atoms with van der Waals surface area (Å²) in [5.74, 6) is -2.90. The van der Waals surface area contributed by atoms with Crippen LogP contribution in [0.1, 0.15) is 12.8 Å². The lowest BCUT2D eigenvalue weighted by Crippen LogP contribution is -2.35. The second-order valence-electron chi connectivity index (χ2n) is 4.45. The molecule has 2 rings (SSSR count). The molecule has 1 aliphatic carbocycles. The smallest absolute Gasteiger partial charge is 0.252 e. The SMILES string of the molecule is NC(CN1C[C@@H]2CCC(F)(F)[C@H]2C1)=NO. The van der Waals surface area contributed by atoms with Crippen LogP contribution in [0, 0.1) is 11.8 Å². The Labute approximate surface area is 86.7 Å². The molecule has 2 atom stereocenters. The van der Waals surface area contributed by atoms with E-state index in [1.54, 1.807) is 0 Å². The van der Waals surface area contributed by atoms with Gasteiger partial charge in [0.05, 0.1) is 6.54 Å². The van der Waals surface area contributed by atoms with Crippen LogP contribution >= 0.6 is 0 Å². The Morgan fingerprint density at radius 3 is 2.87 bits per heavy atom. The number of halogens is 2. The van der Waals surface area contributed by atoms with Crippen LogP contribution in [-0.2, 0) is 0 Å². The van der Waals surface area contributed by atoms with Gasteiger partial charge in [-0.05, 0) is 12.3 Å². The fourth-order valence-corrected chi connectivity index (χ4v) is 2.68. The largest absolute Gasteiger partial charge is 0.409 e. The molecule has 0 unspecified atom stereocenters. The molecule has 0 bridgehead atoms. The van der Waals surface area contributed by atoms with Crippen LogP contribution in [-0.4, -0.2) is 41.5 Å². The lowest BCUT2D eigenvalue weighted by Gasteiger charge is -2.19. The number of likely N-dealkylation sites (tertiary alicyclic amines) is 1. The highest BCUT2D eigenvalue weighted by Gasteiger charge is 2.53. The summed E-state index contributed by atoms with van der Waals surface area (Å²) in [5, 5.41) is 11.2. The highest BCUT2D eigenvalue weighted by atomic mass is 19.3. The third kappa shape index (κ3) is 1.90. The summed E-state index contributed by atoms with van der Waals surface area (Å²) < 4.78 is 26.7. The average molecular weight is 219 g/mol. The zero-order chi connectivity index (χ0) is 11.1. The molecule has 0 aromatic carbocycles. The van der Waals surface area contributed by atoms with Crippen molar-refractivity contribution in [3.63, 3.8) is 0 Å². The molecule has 1 saturated carbocycles. The van der Waals surface area contributed by atoms with Crippen molar-refractivity contribution < 1.29 is 14.0 Å². The van der Waals surface area contributed by atoms with Crippen LogP contribution in [0.5, 0.6) is 0 Å². The fraction of sp³-hybridized carbons (Fsp3) is 0.889. The third-order valence-electron chi connectivity index (χ3n) is 3.42. The lowest BCUT2D eigenvalue weighted by atomic mass is 9.99. The maximum atomic E-state index is 13.4. The molecule has 4 nitrogen and oxygen atoms in total. The first-order valence-electron chi connectivity index (χ1n) is 5.09. The zero-order valence-corrected chi connectivity index (χ0v) is 8.37. The second-order valence-corrected chi connectivity index (χ2v) is 4.45. The topological polar surface area (TPSA) is 61.8 Å². The van der Waals surface area contributed by atoms with Crippen molar-refractivity contribution in [3.8, 4) is 0 Å². The molecule has 1 saturated heterocycles. The van der Waals surface area contributed by atoms with E-state index in [4.69, 9.17) is 10.9 Å². The Morgan fingerprint density at radius 2 is 2.27 bits per heavy atom. The van der Waals surface area contributed by atoms with Gasteiger partial charge in [-0.2, -0.15) is 0 Å². The average Bonchev–Trinajstić information content (AvgIpc) is 2.68. The Hall–Kier alpha value is -0.910. The molecular weight excluding hydrogens is 204 g/mol. The van der Waals surface area contributed by atoms with E-state index in [-0.39, 0.29) is 24.7 Å². The minimum Gasteiger partial charge on any atom is -0.409 e. The first-order valence-corrected chi connectivity index (χ1v) is 5.09. The van der Waals surface area contributed by atoms with E-state index in [0.717, 1.165) is 0 Å². The summed E-state index contributed by atoms with van der Waals surface area (Å²) in [7, 11) is 0. The second kappa shape index (κ2) is 3.59. The van der Waals surface area contributed by atoms with Gasteiger partial charge >= 0.3 is 0 Å². The minimum absolute atomic E-state index is 0.0136. The van der Waals surface area contributed by atoms with Gasteiger partial charge in [-0.1, -0.05) is 5.16 Å². The fourth-order valence-electron chi connectivity index (χ4n) is 2.68. The van der Waals surface area contributed by atoms with Crippen molar-refractivity contribution in [2.45, 2.75) is 18.8 Å². The van der Waals surface area contributed by atoms with E-state index in [2.05, 4.69) is 5.16 Å². The molecule has 0 amide bonds. The molecule has 15 heavy (non-hydrogen) atoms. The van der Waals surface area contributed by atoms with Gasteiger partial charge in [0.15, 0.2) is 5.84 Å². The van der Waals surface area contributed by atoms with Crippen LogP contribution in [0.3, 0.4) is 0 Å². The van der Waals surface area contributed by atoms with Crippen LogP contribution in [0.2, 0.25) is 0 Å². The van der Waals surface area contributed by atoms with Gasteiger partial charge in [-0.3, -0.25) is 4.90 Å². The van der Waals surface area contributed by atoms with Gasteiger partial charge in [0.25, 0.3) is 5.92 Å². The number of fused-ring (bicyclic) bond motifs is 1. The molecule has 1 aliphatic heterocycles. The van der Waals surface area contributed by atoms with Crippen LogP contribution in [0.15, 0.2) is 5.16 Å². The summed E-state index contributed by atoms with van der Waals surface area (Å²) >= 11 is 0. The van der Waals surface area contributed by atoms with Gasteiger partial charge in [0.2, 0.25) is 0 Å². The van der Waals surface area contributed by atoms with Crippen molar-refractivity contribution in [1.82, 2.24) is 4.90 Å². The molecule has 0 aromatic heterocycles. The molecule has 1 heterocycles. The van der Waals surface area contributed by atoms with E-state index < -0.39 is 11.8 Å². The predicted octanol–water partition coefficient (Wildman–Crippen LogP) is 0.710. The van der Waals surface area contributed by atoms with Crippen molar-refractivity contribution in [1.29, 1.82) is 0 Å². The van der Waals surface area contributed by atoms with Crippen molar-refractivity contribution >= 4 is 5.84 Å². The summed E-state index contributed by atoms with van der Waals surface area (Å²) in [6.07, 6.45) is 0.601. The summed E-state index contributed by atoms with van der Waals surface area (Å²) in [4.78, 5) is 1.83. The quantitative estimate of drug-likeness (QED) is 0.311. The maximum Gasteiger partial charge on any atom is 0.252 e. The highest BCUT2D eigenvalue weighted by Crippen LogP contribution is 2.47. The number of nitrogens with zero attached hydrogens (tertiary/aromatic N) is 2. The number of hydrogen-bond acceptors (Lipinski definition) is 3. The van der Waals surface area contributed by atoms with Crippen LogP contribution in [0.4, 0.5) is 8.78 Å². The molecular formula is C9H15F2N3O. The molecule has 0 spiro atoms. The van der Waals surface area contributed by atoms with Gasteiger partial charge in [-0.25, -0.2) is 8.78 Å². The van der Waals surface area contributed by atoms with Gasteiger partial charge < -0.3 is 10.9 Å². The first kappa shape index (κ1) is 10.6. The van der Waals surface area contributed by atoms with Gasteiger partial charge in [0.1, 0.15) is 0 Å². The third-order valence-corrected chi connectivity index (χ3v) is 3.42. The van der Waals surface area contributed by atoms with E-state index >= 15 is 0 Å². The highest BCUT2D eigenvalue weighted by molar-refractivity contribution is 5.81. The van der Waals surface area contributed by atoms with Crippen molar-refractivity contribution in [2.24, 2.45) is 22.7 Å². The number of rotatable bonds is 2. The molecule has 3 N–H and O–H groups in total. The molecule has 86 valence electrons. The van der Waals surface area contributed by atoms with Crippen LogP contribution in [0.25, 0.3) is 0 Å². The van der Waals surface area contributed by atoms with Crippen molar-refractivity contribution in [3.05, 3.63) is 0 Å². The Bertz CT molecular complexity index is 283. The number of oxime groups is 1. The molecule has 0 aromatic rings. The number of nitrogens with two attached hydrogens (primary N) is 1. The molecule has 2 aliphatic rings. The number of alkyl halides is 2. The van der Waals surface area contributed by atoms with E-state index in [1.807, 2.05) is 4.90 Å². The van der Waals surface area contributed by atoms with Gasteiger partial charge in [-0.15, -0.1) is 0 Å². The predicted molar refractivity (Wildman–Crippen MR) is 51.0 cm³/mol. The van der Waals surface area contributed by atoms with Gasteiger partial charge in [0, 0.05) is 25.4 Å². The Kier molecular flexibility index (Phi) is 2.54. The zero-order valence-electron chi connectivity index (χ0n) is 8.37. The molecule has 2 fully saturated rings. The Balaban J connectivity index is 1.96. The monoisotopic (exact) mass is 219 g/mol. The summed E-state index contributed by atoms with van der Waals surface area (Å²) in [5.41, 5.74) is 5.34. The van der Waals surface area contributed by atoms with E-state index in [1.165, 1.54) is 0 Å². The lowest BCUT2D eigenvalue weighted by molar-refractivity contribution is -0.0393. The summed E-state index contributed by atoms with van der Waals surface area (Å²) in [6, 6.07) is 0. The van der Waals surface area contributed by atoms with E-state index in [9.17, 15) is 8.78 Å². The summed E-state index contributed by atoms with van der Waals surface area (Å²) in [6.45, 7) is 1.27.